The van der Waals surface area contributed by atoms with Crippen molar-refractivity contribution < 1.29 is 9.59 Å². The van der Waals surface area contributed by atoms with E-state index < -0.39 is 0 Å². The SMILES string of the molecule is O=C(Nc1ccc2ncccc2c1)C1CC(=O)N(Cc2ccccc2)C1. The molecule has 0 radical (unpaired) electrons. The molecule has 2 heterocycles. The predicted octanol–water partition coefficient (Wildman–Crippen LogP) is 3.22. The van der Waals surface area contributed by atoms with Gasteiger partial charge in [-0.2, -0.15) is 0 Å². The highest BCUT2D eigenvalue weighted by atomic mass is 16.2. The number of nitrogens with one attached hydrogen (secondary N) is 1. The van der Waals surface area contributed by atoms with Crippen LogP contribution in [-0.4, -0.2) is 28.2 Å². The molecule has 1 unspecified atom stereocenters. The molecule has 4 rings (SSSR count). The van der Waals surface area contributed by atoms with Crippen molar-refractivity contribution in [1.82, 2.24) is 9.88 Å². The van der Waals surface area contributed by atoms with Gasteiger partial charge in [-0.3, -0.25) is 14.6 Å². The number of rotatable bonds is 4. The van der Waals surface area contributed by atoms with Gasteiger partial charge in [0.05, 0.1) is 11.4 Å². The van der Waals surface area contributed by atoms with Crippen LogP contribution in [0.1, 0.15) is 12.0 Å². The topological polar surface area (TPSA) is 62.3 Å². The lowest BCUT2D eigenvalue weighted by molar-refractivity contribution is -0.128. The van der Waals surface area contributed by atoms with Gasteiger partial charge in [-0.1, -0.05) is 36.4 Å². The number of carbonyl (C=O) groups excluding carboxylic acids is 2. The average molecular weight is 345 g/mol. The Morgan fingerprint density at radius 1 is 1.12 bits per heavy atom. The van der Waals surface area contributed by atoms with E-state index in [1.54, 1.807) is 11.1 Å². The van der Waals surface area contributed by atoms with Gasteiger partial charge in [-0.05, 0) is 29.8 Å². The zero-order valence-corrected chi connectivity index (χ0v) is 14.3. The molecular weight excluding hydrogens is 326 g/mol. The number of likely N-dealkylation sites (tertiary alicyclic amines) is 1. The first-order valence-corrected chi connectivity index (χ1v) is 8.66. The summed E-state index contributed by atoms with van der Waals surface area (Å²) in [4.78, 5) is 30.9. The van der Waals surface area contributed by atoms with Crippen molar-refractivity contribution in [2.24, 2.45) is 5.92 Å². The Hall–Kier alpha value is -3.21. The number of hydrogen-bond donors (Lipinski definition) is 1. The maximum Gasteiger partial charge on any atom is 0.229 e. The maximum atomic E-state index is 12.6. The third kappa shape index (κ3) is 3.42. The molecule has 1 saturated heterocycles. The second kappa shape index (κ2) is 6.96. The van der Waals surface area contributed by atoms with Crippen LogP contribution in [0.3, 0.4) is 0 Å². The number of nitrogens with zero attached hydrogens (tertiary/aromatic N) is 2. The van der Waals surface area contributed by atoms with Crippen molar-refractivity contribution in [3.05, 3.63) is 72.4 Å². The molecule has 5 heteroatoms. The average Bonchev–Trinajstić information content (AvgIpc) is 3.03. The number of pyridine rings is 1. The Kier molecular flexibility index (Phi) is 4.35. The van der Waals surface area contributed by atoms with Crippen LogP contribution in [0.2, 0.25) is 0 Å². The minimum atomic E-state index is -0.323. The van der Waals surface area contributed by atoms with E-state index in [0.29, 0.717) is 13.1 Å². The molecular formula is C21H19N3O2. The minimum absolute atomic E-state index is 0.0247. The second-order valence-electron chi connectivity index (χ2n) is 6.56. The van der Waals surface area contributed by atoms with Crippen LogP contribution in [0.4, 0.5) is 5.69 Å². The lowest BCUT2D eigenvalue weighted by Crippen LogP contribution is -2.28. The van der Waals surface area contributed by atoms with Gasteiger partial charge in [0.25, 0.3) is 0 Å². The lowest BCUT2D eigenvalue weighted by atomic mass is 10.1. The number of hydrogen-bond acceptors (Lipinski definition) is 3. The normalized spacial score (nSPS) is 16.8. The molecule has 2 amide bonds. The van der Waals surface area contributed by atoms with Crippen molar-refractivity contribution in [3.63, 3.8) is 0 Å². The summed E-state index contributed by atoms with van der Waals surface area (Å²) in [5.74, 6) is -0.412. The van der Waals surface area contributed by atoms with E-state index in [4.69, 9.17) is 0 Å². The highest BCUT2D eigenvalue weighted by molar-refractivity contribution is 5.98. The van der Waals surface area contributed by atoms with Gasteiger partial charge < -0.3 is 10.2 Å². The Labute approximate surface area is 151 Å². The highest BCUT2D eigenvalue weighted by Gasteiger charge is 2.34. The molecule has 1 aliphatic heterocycles. The first kappa shape index (κ1) is 16.3. The maximum absolute atomic E-state index is 12.6. The van der Waals surface area contributed by atoms with Gasteiger partial charge >= 0.3 is 0 Å². The van der Waals surface area contributed by atoms with Gasteiger partial charge in [0.1, 0.15) is 0 Å². The van der Waals surface area contributed by atoms with E-state index in [9.17, 15) is 9.59 Å². The monoisotopic (exact) mass is 345 g/mol. The summed E-state index contributed by atoms with van der Waals surface area (Å²) < 4.78 is 0. The van der Waals surface area contributed by atoms with Crippen LogP contribution < -0.4 is 5.32 Å². The molecule has 2 aromatic carbocycles. The van der Waals surface area contributed by atoms with Crippen LogP contribution in [-0.2, 0) is 16.1 Å². The fraction of sp³-hybridized carbons (Fsp3) is 0.190. The number of aromatic nitrogens is 1. The molecule has 1 fully saturated rings. The van der Waals surface area contributed by atoms with Crippen LogP contribution in [0, 0.1) is 5.92 Å². The summed E-state index contributed by atoms with van der Waals surface area (Å²) in [6.07, 6.45) is 2.00. The van der Waals surface area contributed by atoms with Gasteiger partial charge in [0.2, 0.25) is 11.8 Å². The zero-order valence-electron chi connectivity index (χ0n) is 14.3. The molecule has 0 spiro atoms. The van der Waals surface area contributed by atoms with Gasteiger partial charge in [-0.25, -0.2) is 0 Å². The minimum Gasteiger partial charge on any atom is -0.338 e. The summed E-state index contributed by atoms with van der Waals surface area (Å²) in [7, 11) is 0. The number of benzene rings is 2. The van der Waals surface area contributed by atoms with Crippen molar-refractivity contribution in [2.75, 3.05) is 11.9 Å². The molecule has 1 atom stereocenters. The van der Waals surface area contributed by atoms with E-state index in [1.165, 1.54) is 0 Å². The molecule has 1 aliphatic rings. The second-order valence-corrected chi connectivity index (χ2v) is 6.56. The van der Waals surface area contributed by atoms with Gasteiger partial charge in [0.15, 0.2) is 0 Å². The van der Waals surface area contributed by atoms with Crippen LogP contribution in [0.25, 0.3) is 10.9 Å². The largest absolute Gasteiger partial charge is 0.338 e. The highest BCUT2D eigenvalue weighted by Crippen LogP contribution is 2.23. The standard InChI is InChI=1S/C21H19N3O2/c25-20-12-17(14-24(20)13-15-5-2-1-3-6-15)21(26)23-18-8-9-19-16(11-18)7-4-10-22-19/h1-11,17H,12-14H2,(H,23,26). The molecule has 0 bridgehead atoms. The fourth-order valence-corrected chi connectivity index (χ4v) is 3.30. The number of fused-ring (bicyclic) bond motifs is 1. The molecule has 0 aliphatic carbocycles. The molecule has 1 aromatic heterocycles. The summed E-state index contributed by atoms with van der Waals surface area (Å²) in [6, 6.07) is 19.3. The van der Waals surface area contributed by atoms with Gasteiger partial charge in [0, 0.05) is 36.8 Å². The molecule has 1 N–H and O–H groups in total. The first-order chi connectivity index (χ1) is 12.7. The van der Waals surface area contributed by atoms with E-state index in [0.717, 1.165) is 22.2 Å². The van der Waals surface area contributed by atoms with Crippen molar-refractivity contribution in [2.45, 2.75) is 13.0 Å². The van der Waals surface area contributed by atoms with Gasteiger partial charge in [-0.15, -0.1) is 0 Å². The third-order valence-electron chi connectivity index (χ3n) is 4.67. The van der Waals surface area contributed by atoms with E-state index in [-0.39, 0.29) is 24.2 Å². The van der Waals surface area contributed by atoms with E-state index in [2.05, 4.69) is 10.3 Å². The van der Waals surface area contributed by atoms with Crippen LogP contribution in [0.5, 0.6) is 0 Å². The molecule has 0 saturated carbocycles. The number of anilines is 1. The predicted molar refractivity (Wildman–Crippen MR) is 100 cm³/mol. The zero-order chi connectivity index (χ0) is 17.9. The summed E-state index contributed by atoms with van der Waals surface area (Å²) in [6.45, 7) is 1.000. The van der Waals surface area contributed by atoms with Crippen molar-refractivity contribution in [3.8, 4) is 0 Å². The number of amides is 2. The molecule has 130 valence electrons. The summed E-state index contributed by atoms with van der Waals surface area (Å²) >= 11 is 0. The van der Waals surface area contributed by atoms with Crippen LogP contribution >= 0.6 is 0 Å². The smallest absolute Gasteiger partial charge is 0.229 e. The van der Waals surface area contributed by atoms with E-state index >= 15 is 0 Å². The van der Waals surface area contributed by atoms with Crippen molar-refractivity contribution in [1.29, 1.82) is 0 Å². The van der Waals surface area contributed by atoms with E-state index in [1.807, 2.05) is 60.7 Å². The summed E-state index contributed by atoms with van der Waals surface area (Å²) in [5, 5.41) is 3.91. The Balaban J connectivity index is 1.42. The molecule has 5 nitrogen and oxygen atoms in total. The first-order valence-electron chi connectivity index (χ1n) is 8.66. The number of carbonyl (C=O) groups is 2. The quantitative estimate of drug-likeness (QED) is 0.790. The lowest BCUT2D eigenvalue weighted by Gasteiger charge is -2.16. The third-order valence-corrected chi connectivity index (χ3v) is 4.67. The fourth-order valence-electron chi connectivity index (χ4n) is 3.30. The van der Waals surface area contributed by atoms with Crippen LogP contribution in [0.15, 0.2) is 66.9 Å². The summed E-state index contributed by atoms with van der Waals surface area (Å²) in [5.41, 5.74) is 2.68. The Morgan fingerprint density at radius 3 is 2.81 bits per heavy atom. The van der Waals surface area contributed by atoms with Crippen molar-refractivity contribution >= 4 is 28.4 Å². The Morgan fingerprint density at radius 2 is 1.96 bits per heavy atom. The molecule has 3 aromatic rings. The molecule has 26 heavy (non-hydrogen) atoms. The Bertz CT molecular complexity index is 956.